The largest absolute Gasteiger partial charge is 0.495 e. The molecule has 186 valence electrons. The third-order valence-electron chi connectivity index (χ3n) is 6.09. The van der Waals surface area contributed by atoms with Crippen LogP contribution >= 0.6 is 0 Å². The van der Waals surface area contributed by atoms with E-state index >= 15 is 0 Å². The van der Waals surface area contributed by atoms with Crippen molar-refractivity contribution in [1.82, 2.24) is 4.72 Å². The first-order valence-corrected chi connectivity index (χ1v) is 13.3. The summed E-state index contributed by atoms with van der Waals surface area (Å²) in [7, 11) is -2.67. The SMILES string of the molecule is COc1ccc(C(C)C)cc1S(=O)(=O)NC(Cc1ccccc1)C(=O)Nc1cccc2ccccc12. The number of fused-ring (bicyclic) bond motifs is 1. The molecule has 0 radical (unpaired) electrons. The lowest BCUT2D eigenvalue weighted by Gasteiger charge is -2.21. The maximum Gasteiger partial charge on any atom is 0.245 e. The Kier molecular flexibility index (Phi) is 7.72. The van der Waals surface area contributed by atoms with E-state index in [1.807, 2.05) is 92.7 Å². The highest BCUT2D eigenvalue weighted by atomic mass is 32.2. The molecular formula is C29H30N2O4S. The van der Waals surface area contributed by atoms with Gasteiger partial charge in [-0.2, -0.15) is 4.72 Å². The van der Waals surface area contributed by atoms with Crippen molar-refractivity contribution in [3.63, 3.8) is 0 Å². The minimum absolute atomic E-state index is 0.00669. The number of rotatable bonds is 9. The number of ether oxygens (including phenoxy) is 1. The van der Waals surface area contributed by atoms with Crippen LogP contribution in [-0.2, 0) is 21.2 Å². The number of methoxy groups -OCH3 is 1. The first kappa shape index (κ1) is 25.4. The van der Waals surface area contributed by atoms with Crippen molar-refractivity contribution >= 4 is 32.4 Å². The van der Waals surface area contributed by atoms with Crippen LogP contribution in [0.3, 0.4) is 0 Å². The van der Waals surface area contributed by atoms with Gasteiger partial charge in [-0.25, -0.2) is 8.42 Å². The zero-order chi connectivity index (χ0) is 25.7. The lowest BCUT2D eigenvalue weighted by molar-refractivity contribution is -0.117. The molecule has 1 atom stereocenters. The van der Waals surface area contributed by atoms with E-state index in [1.54, 1.807) is 12.1 Å². The minimum atomic E-state index is -4.09. The summed E-state index contributed by atoms with van der Waals surface area (Å²) in [6, 6.07) is 26.7. The molecule has 0 aliphatic rings. The molecule has 7 heteroatoms. The van der Waals surface area contributed by atoms with Gasteiger partial charge in [-0.3, -0.25) is 4.79 Å². The highest BCUT2D eigenvalue weighted by Crippen LogP contribution is 2.29. The molecule has 4 rings (SSSR count). The van der Waals surface area contributed by atoms with Crippen molar-refractivity contribution in [2.75, 3.05) is 12.4 Å². The van der Waals surface area contributed by atoms with Crippen molar-refractivity contribution in [3.05, 3.63) is 102 Å². The molecule has 2 N–H and O–H groups in total. The second kappa shape index (κ2) is 10.9. The molecular weight excluding hydrogens is 472 g/mol. The van der Waals surface area contributed by atoms with E-state index in [9.17, 15) is 13.2 Å². The number of carbonyl (C=O) groups excluding carboxylic acids is 1. The number of anilines is 1. The molecule has 6 nitrogen and oxygen atoms in total. The van der Waals surface area contributed by atoms with Crippen LogP contribution in [0.4, 0.5) is 5.69 Å². The van der Waals surface area contributed by atoms with Crippen LogP contribution in [0.1, 0.15) is 30.9 Å². The number of benzene rings is 4. The smallest absolute Gasteiger partial charge is 0.245 e. The van der Waals surface area contributed by atoms with E-state index in [1.165, 1.54) is 7.11 Å². The third kappa shape index (κ3) is 5.75. The standard InChI is InChI=1S/C29H30N2O4S/c1-20(2)23-16-17-27(35-3)28(19-23)36(33,34)31-26(18-21-10-5-4-6-11-21)29(32)30-25-15-9-13-22-12-7-8-14-24(22)25/h4-17,19-20,26,31H,18H2,1-3H3,(H,30,32). The Bertz CT molecular complexity index is 1460. The Morgan fingerprint density at radius 2 is 1.58 bits per heavy atom. The molecule has 1 unspecified atom stereocenters. The van der Waals surface area contributed by atoms with Crippen LogP contribution in [-0.4, -0.2) is 27.5 Å². The van der Waals surface area contributed by atoms with Gasteiger partial charge in [-0.1, -0.05) is 86.6 Å². The maximum atomic E-state index is 13.6. The van der Waals surface area contributed by atoms with Crippen LogP contribution in [0.2, 0.25) is 0 Å². The Labute approximate surface area is 212 Å². The van der Waals surface area contributed by atoms with Crippen molar-refractivity contribution in [3.8, 4) is 5.75 Å². The van der Waals surface area contributed by atoms with Crippen molar-refractivity contribution in [2.24, 2.45) is 0 Å². The summed E-state index contributed by atoms with van der Waals surface area (Å²) < 4.78 is 35.2. The molecule has 0 aliphatic carbocycles. The van der Waals surface area contributed by atoms with Gasteiger partial charge in [-0.15, -0.1) is 0 Å². The Morgan fingerprint density at radius 1 is 0.889 bits per heavy atom. The predicted octanol–water partition coefficient (Wildman–Crippen LogP) is 5.50. The Balaban J connectivity index is 1.69. The first-order valence-electron chi connectivity index (χ1n) is 11.8. The number of hydrogen-bond donors (Lipinski definition) is 2. The quantitative estimate of drug-likeness (QED) is 0.317. The van der Waals surface area contributed by atoms with E-state index in [0.717, 1.165) is 21.9 Å². The van der Waals surface area contributed by atoms with Gasteiger partial charge in [0.1, 0.15) is 16.7 Å². The van der Waals surface area contributed by atoms with Crippen molar-refractivity contribution in [1.29, 1.82) is 0 Å². The van der Waals surface area contributed by atoms with Gasteiger partial charge in [0.25, 0.3) is 0 Å². The van der Waals surface area contributed by atoms with E-state index in [-0.39, 0.29) is 23.0 Å². The molecule has 36 heavy (non-hydrogen) atoms. The van der Waals surface area contributed by atoms with Gasteiger partial charge in [0.15, 0.2) is 0 Å². The second-order valence-corrected chi connectivity index (χ2v) is 10.6. The highest BCUT2D eigenvalue weighted by Gasteiger charge is 2.29. The summed E-state index contributed by atoms with van der Waals surface area (Å²) in [5, 5.41) is 4.79. The number of hydrogen-bond acceptors (Lipinski definition) is 4. The fourth-order valence-electron chi connectivity index (χ4n) is 4.11. The zero-order valence-electron chi connectivity index (χ0n) is 20.6. The van der Waals surface area contributed by atoms with Crippen LogP contribution in [0, 0.1) is 0 Å². The van der Waals surface area contributed by atoms with E-state index in [2.05, 4.69) is 10.0 Å². The van der Waals surface area contributed by atoms with Crippen LogP contribution in [0.25, 0.3) is 10.8 Å². The van der Waals surface area contributed by atoms with Crippen LogP contribution in [0.5, 0.6) is 5.75 Å². The summed E-state index contributed by atoms with van der Waals surface area (Å²) in [4.78, 5) is 13.5. The summed E-state index contributed by atoms with van der Waals surface area (Å²) in [5.74, 6) is -0.0998. The molecule has 1 amide bonds. The fraction of sp³-hybridized carbons (Fsp3) is 0.207. The zero-order valence-corrected chi connectivity index (χ0v) is 21.4. The van der Waals surface area contributed by atoms with E-state index < -0.39 is 22.0 Å². The monoisotopic (exact) mass is 502 g/mol. The van der Waals surface area contributed by atoms with Gasteiger partial charge in [0.2, 0.25) is 15.9 Å². The molecule has 0 heterocycles. The highest BCUT2D eigenvalue weighted by molar-refractivity contribution is 7.89. The molecule has 0 saturated carbocycles. The molecule has 0 spiro atoms. The fourth-order valence-corrected chi connectivity index (χ4v) is 5.50. The molecule has 0 saturated heterocycles. The van der Waals surface area contributed by atoms with Crippen LogP contribution in [0.15, 0.2) is 95.9 Å². The molecule has 4 aromatic carbocycles. The number of nitrogens with one attached hydrogen (secondary N) is 2. The lowest BCUT2D eigenvalue weighted by Crippen LogP contribution is -2.45. The third-order valence-corrected chi connectivity index (χ3v) is 7.58. The molecule has 0 bridgehead atoms. The Morgan fingerprint density at radius 3 is 2.31 bits per heavy atom. The summed E-state index contributed by atoms with van der Waals surface area (Å²) in [6.07, 6.45) is 0.183. The van der Waals surface area contributed by atoms with Gasteiger partial charge in [-0.05, 0) is 47.1 Å². The average Bonchev–Trinajstić information content (AvgIpc) is 2.88. The maximum absolute atomic E-state index is 13.6. The first-order chi connectivity index (χ1) is 17.3. The van der Waals surface area contributed by atoms with Gasteiger partial charge < -0.3 is 10.1 Å². The van der Waals surface area contributed by atoms with Crippen molar-refractivity contribution in [2.45, 2.75) is 37.1 Å². The second-order valence-electron chi connectivity index (χ2n) is 8.94. The summed E-state index contributed by atoms with van der Waals surface area (Å²) >= 11 is 0. The lowest BCUT2D eigenvalue weighted by atomic mass is 10.0. The number of carbonyl (C=O) groups is 1. The molecule has 0 fully saturated rings. The number of sulfonamides is 1. The topological polar surface area (TPSA) is 84.5 Å². The molecule has 0 aromatic heterocycles. The normalized spacial score (nSPS) is 12.4. The van der Waals surface area contributed by atoms with E-state index in [0.29, 0.717) is 5.69 Å². The average molecular weight is 503 g/mol. The summed E-state index contributed by atoms with van der Waals surface area (Å²) in [5.41, 5.74) is 2.31. The van der Waals surface area contributed by atoms with Gasteiger partial charge >= 0.3 is 0 Å². The molecule has 4 aromatic rings. The van der Waals surface area contributed by atoms with Crippen LogP contribution < -0.4 is 14.8 Å². The number of amides is 1. The van der Waals surface area contributed by atoms with Crippen molar-refractivity contribution < 1.29 is 17.9 Å². The predicted molar refractivity (Wildman–Crippen MR) is 144 cm³/mol. The minimum Gasteiger partial charge on any atom is -0.495 e. The van der Waals surface area contributed by atoms with Gasteiger partial charge in [0.05, 0.1) is 7.11 Å². The summed E-state index contributed by atoms with van der Waals surface area (Å²) in [6.45, 7) is 3.98. The van der Waals surface area contributed by atoms with Gasteiger partial charge in [0, 0.05) is 11.1 Å². The Hall–Kier alpha value is -3.68. The molecule has 0 aliphatic heterocycles. The van der Waals surface area contributed by atoms with E-state index in [4.69, 9.17) is 4.74 Å².